The summed E-state index contributed by atoms with van der Waals surface area (Å²) >= 11 is 0. The lowest BCUT2D eigenvalue weighted by Crippen LogP contribution is -2.28. The Labute approximate surface area is 98.0 Å². The molecular weight excluding hydrogens is 198 g/mol. The molecule has 1 aromatic carbocycles. The molecule has 1 heterocycles. The first-order valence-electron chi connectivity index (χ1n) is 6.31. The van der Waals surface area contributed by atoms with Crippen molar-refractivity contribution in [3.8, 4) is 5.75 Å². The van der Waals surface area contributed by atoms with Gasteiger partial charge in [0.05, 0.1) is 6.61 Å². The first-order valence-corrected chi connectivity index (χ1v) is 6.31. The minimum absolute atomic E-state index is 0.747. The van der Waals surface area contributed by atoms with E-state index in [0.717, 1.165) is 18.3 Å². The maximum atomic E-state index is 5.52. The van der Waals surface area contributed by atoms with Crippen LogP contribution in [0, 0.1) is 5.92 Å². The van der Waals surface area contributed by atoms with Crippen molar-refractivity contribution in [2.45, 2.75) is 26.2 Å². The number of benzene rings is 1. The van der Waals surface area contributed by atoms with Crippen LogP contribution >= 0.6 is 0 Å². The van der Waals surface area contributed by atoms with Gasteiger partial charge in [0.1, 0.15) is 5.75 Å². The maximum Gasteiger partial charge on any atom is 0.119 e. The summed E-state index contributed by atoms with van der Waals surface area (Å²) in [6, 6.07) is 8.53. The van der Waals surface area contributed by atoms with Crippen molar-refractivity contribution in [2.75, 3.05) is 19.7 Å². The van der Waals surface area contributed by atoms with E-state index in [-0.39, 0.29) is 0 Å². The first kappa shape index (κ1) is 11.5. The lowest BCUT2D eigenvalue weighted by atomic mass is 9.91. The quantitative estimate of drug-likeness (QED) is 0.840. The minimum atomic E-state index is 0.747. The summed E-state index contributed by atoms with van der Waals surface area (Å²) in [5.74, 6) is 1.85. The average molecular weight is 219 g/mol. The van der Waals surface area contributed by atoms with E-state index in [4.69, 9.17) is 4.74 Å². The fraction of sp³-hybridized carbons (Fsp3) is 0.571. The molecule has 0 radical (unpaired) electrons. The third kappa shape index (κ3) is 3.24. The Hall–Kier alpha value is -1.02. The predicted octanol–water partition coefficient (Wildman–Crippen LogP) is 2.63. The van der Waals surface area contributed by atoms with Crippen LogP contribution in [0.5, 0.6) is 5.75 Å². The number of hydrogen-bond acceptors (Lipinski definition) is 2. The van der Waals surface area contributed by atoms with Gasteiger partial charge in [-0.05, 0) is 62.9 Å². The molecule has 0 aromatic heterocycles. The van der Waals surface area contributed by atoms with Gasteiger partial charge < -0.3 is 10.1 Å². The molecule has 0 saturated carbocycles. The maximum absolute atomic E-state index is 5.52. The van der Waals surface area contributed by atoms with Crippen LogP contribution in [-0.4, -0.2) is 19.7 Å². The van der Waals surface area contributed by atoms with Crippen molar-refractivity contribution in [1.82, 2.24) is 5.32 Å². The fourth-order valence-corrected chi connectivity index (χ4v) is 2.35. The Kier molecular flexibility index (Phi) is 4.23. The summed E-state index contributed by atoms with van der Waals surface area (Å²) < 4.78 is 5.52. The highest BCUT2D eigenvalue weighted by atomic mass is 16.5. The molecule has 0 spiro atoms. The van der Waals surface area contributed by atoms with Crippen LogP contribution in [-0.2, 0) is 6.42 Å². The standard InChI is InChI=1S/C14H21NO/c1-2-16-14-5-3-4-13(11-14)10-12-6-8-15-9-7-12/h3-5,11-12,15H,2,6-10H2,1H3. The van der Waals surface area contributed by atoms with Gasteiger partial charge in [0.25, 0.3) is 0 Å². The first-order chi connectivity index (χ1) is 7.88. The molecule has 1 aliphatic rings. The highest BCUT2D eigenvalue weighted by molar-refractivity contribution is 5.28. The molecule has 0 bridgehead atoms. The predicted molar refractivity (Wildman–Crippen MR) is 66.9 cm³/mol. The monoisotopic (exact) mass is 219 g/mol. The van der Waals surface area contributed by atoms with E-state index < -0.39 is 0 Å². The summed E-state index contributed by atoms with van der Waals surface area (Å²) in [5.41, 5.74) is 1.41. The molecule has 0 unspecified atom stereocenters. The SMILES string of the molecule is CCOc1cccc(CC2CCNCC2)c1. The van der Waals surface area contributed by atoms with Crippen LogP contribution in [0.3, 0.4) is 0 Å². The molecule has 1 aliphatic heterocycles. The van der Waals surface area contributed by atoms with Crippen molar-refractivity contribution >= 4 is 0 Å². The lowest BCUT2D eigenvalue weighted by Gasteiger charge is -2.22. The van der Waals surface area contributed by atoms with Crippen molar-refractivity contribution in [1.29, 1.82) is 0 Å². The second-order valence-electron chi connectivity index (χ2n) is 4.48. The highest BCUT2D eigenvalue weighted by Crippen LogP contribution is 2.21. The number of hydrogen-bond donors (Lipinski definition) is 1. The van der Waals surface area contributed by atoms with Crippen LogP contribution in [0.2, 0.25) is 0 Å². The van der Waals surface area contributed by atoms with E-state index in [0.29, 0.717) is 0 Å². The summed E-state index contributed by atoms with van der Waals surface area (Å²) in [5, 5.41) is 3.41. The number of piperidine rings is 1. The smallest absolute Gasteiger partial charge is 0.119 e. The number of ether oxygens (including phenoxy) is 1. The van der Waals surface area contributed by atoms with Crippen molar-refractivity contribution in [3.63, 3.8) is 0 Å². The third-order valence-electron chi connectivity index (χ3n) is 3.19. The number of rotatable bonds is 4. The van der Waals surface area contributed by atoms with Crippen molar-refractivity contribution < 1.29 is 4.74 Å². The Bertz CT molecular complexity index is 318. The zero-order chi connectivity index (χ0) is 11.2. The van der Waals surface area contributed by atoms with E-state index in [1.54, 1.807) is 0 Å². The Morgan fingerprint density at radius 1 is 1.31 bits per heavy atom. The largest absolute Gasteiger partial charge is 0.494 e. The topological polar surface area (TPSA) is 21.3 Å². The molecule has 0 aliphatic carbocycles. The zero-order valence-corrected chi connectivity index (χ0v) is 10.0. The van der Waals surface area contributed by atoms with Gasteiger partial charge in [0, 0.05) is 0 Å². The second kappa shape index (κ2) is 5.90. The van der Waals surface area contributed by atoms with Gasteiger partial charge in [-0.15, -0.1) is 0 Å². The van der Waals surface area contributed by atoms with Gasteiger partial charge in [-0.3, -0.25) is 0 Å². The molecule has 1 saturated heterocycles. The molecule has 2 nitrogen and oxygen atoms in total. The van der Waals surface area contributed by atoms with E-state index in [1.165, 1.54) is 37.9 Å². The minimum Gasteiger partial charge on any atom is -0.494 e. The molecule has 1 N–H and O–H groups in total. The van der Waals surface area contributed by atoms with Gasteiger partial charge in [-0.2, -0.15) is 0 Å². The molecule has 2 rings (SSSR count). The molecule has 2 heteroatoms. The molecule has 88 valence electrons. The molecule has 0 amide bonds. The number of nitrogens with one attached hydrogen (secondary N) is 1. The van der Waals surface area contributed by atoms with Gasteiger partial charge in [-0.1, -0.05) is 12.1 Å². The lowest BCUT2D eigenvalue weighted by molar-refractivity contribution is 0.338. The van der Waals surface area contributed by atoms with E-state index in [2.05, 4.69) is 23.5 Å². The van der Waals surface area contributed by atoms with Crippen LogP contribution in [0.4, 0.5) is 0 Å². The highest BCUT2D eigenvalue weighted by Gasteiger charge is 2.13. The Morgan fingerprint density at radius 3 is 2.88 bits per heavy atom. The van der Waals surface area contributed by atoms with Gasteiger partial charge >= 0.3 is 0 Å². The van der Waals surface area contributed by atoms with Crippen molar-refractivity contribution in [2.24, 2.45) is 5.92 Å². The van der Waals surface area contributed by atoms with E-state index in [1.807, 2.05) is 13.0 Å². The molecule has 1 fully saturated rings. The van der Waals surface area contributed by atoms with Crippen LogP contribution in [0.25, 0.3) is 0 Å². The fourth-order valence-electron chi connectivity index (χ4n) is 2.35. The average Bonchev–Trinajstić information content (AvgIpc) is 2.31. The third-order valence-corrected chi connectivity index (χ3v) is 3.19. The second-order valence-corrected chi connectivity index (χ2v) is 4.48. The summed E-state index contributed by atoms with van der Waals surface area (Å²) in [6.45, 7) is 5.13. The summed E-state index contributed by atoms with van der Waals surface area (Å²) in [6.07, 6.45) is 3.81. The molecule has 0 atom stereocenters. The summed E-state index contributed by atoms with van der Waals surface area (Å²) in [7, 11) is 0. The van der Waals surface area contributed by atoms with Gasteiger partial charge in [-0.25, -0.2) is 0 Å². The molecule has 16 heavy (non-hydrogen) atoms. The van der Waals surface area contributed by atoms with Crippen LogP contribution in [0.15, 0.2) is 24.3 Å². The normalized spacial score (nSPS) is 17.3. The van der Waals surface area contributed by atoms with E-state index >= 15 is 0 Å². The summed E-state index contributed by atoms with van der Waals surface area (Å²) in [4.78, 5) is 0. The van der Waals surface area contributed by atoms with E-state index in [9.17, 15) is 0 Å². The van der Waals surface area contributed by atoms with Gasteiger partial charge in [0.15, 0.2) is 0 Å². The Balaban J connectivity index is 1.94. The van der Waals surface area contributed by atoms with Crippen LogP contribution < -0.4 is 10.1 Å². The van der Waals surface area contributed by atoms with Crippen LogP contribution in [0.1, 0.15) is 25.3 Å². The molecular formula is C14H21NO. The molecule has 1 aromatic rings. The van der Waals surface area contributed by atoms with Crippen molar-refractivity contribution in [3.05, 3.63) is 29.8 Å². The zero-order valence-electron chi connectivity index (χ0n) is 10.0. The Morgan fingerprint density at radius 2 is 2.12 bits per heavy atom. The van der Waals surface area contributed by atoms with Gasteiger partial charge in [0.2, 0.25) is 0 Å².